The molecule has 0 spiro atoms. The maximum Gasteiger partial charge on any atom is 0.266 e. The van der Waals surface area contributed by atoms with Crippen LogP contribution in [0.4, 0.5) is 0 Å². The van der Waals surface area contributed by atoms with Crippen LogP contribution in [0.25, 0.3) is 0 Å². The van der Waals surface area contributed by atoms with Crippen LogP contribution in [0.3, 0.4) is 0 Å². The van der Waals surface area contributed by atoms with E-state index in [1.807, 2.05) is 6.07 Å². The first-order valence-corrected chi connectivity index (χ1v) is 7.21. The first-order valence-electron chi connectivity index (χ1n) is 5.72. The number of pyridine rings is 1. The fraction of sp³-hybridized carbons (Fsp3) is 0.455. The van der Waals surface area contributed by atoms with E-state index in [1.165, 1.54) is 6.20 Å². The quantitative estimate of drug-likeness (QED) is 0.428. The van der Waals surface area contributed by atoms with Crippen LogP contribution in [0, 0.1) is 0 Å². The highest BCUT2D eigenvalue weighted by Gasteiger charge is 2.15. The number of nitrogens with zero attached hydrogens (tertiary/aromatic N) is 2. The molecule has 1 fully saturated rings. The molecule has 1 aliphatic rings. The predicted molar refractivity (Wildman–Crippen MR) is 69.0 cm³/mol. The maximum atomic E-state index is 11.2. The first kappa shape index (κ1) is 13.1. The van der Waals surface area contributed by atoms with Crippen molar-refractivity contribution >= 4 is 16.7 Å². The molecule has 0 unspecified atom stereocenters. The normalized spacial score (nSPS) is 17.6. The average Bonchev–Trinajstić information content (AvgIpc) is 2.41. The molecule has 18 heavy (non-hydrogen) atoms. The van der Waals surface area contributed by atoms with E-state index in [-0.39, 0.29) is 5.91 Å². The van der Waals surface area contributed by atoms with E-state index >= 15 is 0 Å². The zero-order chi connectivity index (χ0) is 13.0. The Morgan fingerprint density at radius 3 is 2.72 bits per heavy atom. The van der Waals surface area contributed by atoms with Crippen molar-refractivity contribution in [2.75, 3.05) is 24.6 Å². The largest absolute Gasteiger partial charge is 0.296 e. The molecule has 0 atom stereocenters. The van der Waals surface area contributed by atoms with Gasteiger partial charge in [-0.3, -0.25) is 24.3 Å². The Balaban J connectivity index is 1.94. The third kappa shape index (κ3) is 3.34. The number of hydrogen-bond donors (Lipinski definition) is 2. The summed E-state index contributed by atoms with van der Waals surface area (Å²) in [6.07, 6.45) is 1.51. The highest BCUT2D eigenvalue weighted by molar-refractivity contribution is 7.85. The Morgan fingerprint density at radius 2 is 2.17 bits per heavy atom. The van der Waals surface area contributed by atoms with Gasteiger partial charge in [0.15, 0.2) is 0 Å². The third-order valence-corrected chi connectivity index (χ3v) is 4.15. The summed E-state index contributed by atoms with van der Waals surface area (Å²) in [7, 11) is -0.659. The Morgan fingerprint density at radius 1 is 1.44 bits per heavy atom. The number of nitrogens with one attached hydrogen (secondary N) is 1. The fourth-order valence-corrected chi connectivity index (χ4v) is 2.93. The van der Waals surface area contributed by atoms with E-state index in [4.69, 9.17) is 5.84 Å². The Bertz CT molecular complexity index is 439. The van der Waals surface area contributed by atoms with Crippen molar-refractivity contribution in [3.63, 3.8) is 0 Å². The molecule has 1 aliphatic heterocycles. The molecule has 2 heterocycles. The van der Waals surface area contributed by atoms with Crippen molar-refractivity contribution in [1.82, 2.24) is 15.3 Å². The van der Waals surface area contributed by atoms with Crippen LogP contribution in [0.15, 0.2) is 18.3 Å². The van der Waals surface area contributed by atoms with Gasteiger partial charge >= 0.3 is 0 Å². The molecule has 1 saturated heterocycles. The Hall–Kier alpha value is -1.31. The van der Waals surface area contributed by atoms with Crippen LogP contribution in [0.5, 0.6) is 0 Å². The molecule has 3 N–H and O–H groups in total. The van der Waals surface area contributed by atoms with Gasteiger partial charge in [-0.25, -0.2) is 5.84 Å². The molecule has 0 radical (unpaired) electrons. The van der Waals surface area contributed by atoms with E-state index in [0.29, 0.717) is 5.56 Å². The van der Waals surface area contributed by atoms with Crippen molar-refractivity contribution in [2.45, 2.75) is 6.54 Å². The molecule has 2 rings (SSSR count). The molecule has 98 valence electrons. The van der Waals surface area contributed by atoms with Crippen LogP contribution in [-0.4, -0.2) is 44.6 Å². The van der Waals surface area contributed by atoms with Gasteiger partial charge in [-0.1, -0.05) is 0 Å². The van der Waals surface area contributed by atoms with Gasteiger partial charge in [0.1, 0.15) is 0 Å². The smallest absolute Gasteiger partial charge is 0.266 e. The maximum absolute atomic E-state index is 11.2. The van der Waals surface area contributed by atoms with Crippen molar-refractivity contribution in [1.29, 1.82) is 0 Å². The van der Waals surface area contributed by atoms with Gasteiger partial charge in [0.25, 0.3) is 5.91 Å². The first-order chi connectivity index (χ1) is 8.69. The van der Waals surface area contributed by atoms with Crippen LogP contribution in [0.1, 0.15) is 16.1 Å². The lowest BCUT2D eigenvalue weighted by atomic mass is 10.2. The van der Waals surface area contributed by atoms with Gasteiger partial charge in [0.05, 0.1) is 11.3 Å². The number of rotatable bonds is 3. The number of aromatic nitrogens is 1. The minimum Gasteiger partial charge on any atom is -0.296 e. The summed E-state index contributed by atoms with van der Waals surface area (Å²) >= 11 is 0. The van der Waals surface area contributed by atoms with Crippen molar-refractivity contribution < 1.29 is 9.00 Å². The second kappa shape index (κ2) is 6.03. The minimum absolute atomic E-state index is 0.345. The molecule has 0 bridgehead atoms. The topological polar surface area (TPSA) is 88.3 Å². The molecule has 1 aromatic heterocycles. The number of carbonyl (C=O) groups excluding carboxylic acids is 1. The number of carbonyl (C=O) groups is 1. The molecule has 6 nitrogen and oxygen atoms in total. The number of hydrazine groups is 1. The van der Waals surface area contributed by atoms with Gasteiger partial charge in [-0.15, -0.1) is 0 Å². The molecular formula is C11H16N4O2S. The van der Waals surface area contributed by atoms with Crippen LogP contribution >= 0.6 is 0 Å². The molecule has 0 aliphatic carbocycles. The molecule has 0 saturated carbocycles. The van der Waals surface area contributed by atoms with Gasteiger partial charge in [-0.05, 0) is 12.1 Å². The van der Waals surface area contributed by atoms with E-state index in [2.05, 4.69) is 15.3 Å². The number of nitrogens with two attached hydrogens (primary N) is 1. The van der Waals surface area contributed by atoms with Gasteiger partial charge < -0.3 is 0 Å². The highest BCUT2D eigenvalue weighted by atomic mass is 32.2. The zero-order valence-corrected chi connectivity index (χ0v) is 10.8. The van der Waals surface area contributed by atoms with E-state index < -0.39 is 10.8 Å². The standard InChI is InChI=1S/C11H16N4O2S/c12-14-11(16)9-1-2-10(13-7-9)8-15-3-5-18(17)6-4-15/h1-2,7H,3-6,8,12H2,(H,14,16). The molecular weight excluding hydrogens is 252 g/mol. The summed E-state index contributed by atoms with van der Waals surface area (Å²) in [6, 6.07) is 3.52. The summed E-state index contributed by atoms with van der Waals surface area (Å²) in [5, 5.41) is 0. The summed E-state index contributed by atoms with van der Waals surface area (Å²) in [5.41, 5.74) is 3.41. The second-order valence-corrected chi connectivity index (χ2v) is 5.83. The SMILES string of the molecule is NNC(=O)c1ccc(CN2CCS(=O)CC2)nc1. The monoisotopic (exact) mass is 268 g/mol. The van der Waals surface area contributed by atoms with Crippen molar-refractivity contribution in [3.05, 3.63) is 29.6 Å². The molecule has 1 aromatic rings. The van der Waals surface area contributed by atoms with E-state index in [9.17, 15) is 9.00 Å². The summed E-state index contributed by atoms with van der Waals surface area (Å²) in [4.78, 5) is 17.7. The van der Waals surface area contributed by atoms with Gasteiger partial charge in [0, 0.05) is 48.1 Å². The van der Waals surface area contributed by atoms with Crippen molar-refractivity contribution in [3.8, 4) is 0 Å². The Labute approximate surface area is 108 Å². The van der Waals surface area contributed by atoms with Crippen molar-refractivity contribution in [2.24, 2.45) is 5.84 Å². The number of amides is 1. The van der Waals surface area contributed by atoms with Crippen LogP contribution in [0.2, 0.25) is 0 Å². The van der Waals surface area contributed by atoms with E-state index in [1.54, 1.807) is 6.07 Å². The lowest BCUT2D eigenvalue weighted by Gasteiger charge is -2.25. The predicted octanol–water partition coefficient (Wildman–Crippen LogP) is -0.751. The van der Waals surface area contributed by atoms with Crippen LogP contribution < -0.4 is 11.3 Å². The lowest BCUT2D eigenvalue weighted by molar-refractivity contribution is 0.0953. The van der Waals surface area contributed by atoms with Crippen LogP contribution in [-0.2, 0) is 17.3 Å². The number of nitrogen functional groups attached to an aromatic ring is 1. The Kier molecular flexibility index (Phi) is 4.40. The average molecular weight is 268 g/mol. The highest BCUT2D eigenvalue weighted by Crippen LogP contribution is 2.07. The summed E-state index contributed by atoms with van der Waals surface area (Å²) < 4.78 is 11.2. The number of hydrogen-bond acceptors (Lipinski definition) is 5. The molecule has 1 amide bonds. The fourth-order valence-electron chi connectivity index (χ4n) is 1.80. The minimum atomic E-state index is -0.659. The summed E-state index contributed by atoms with van der Waals surface area (Å²) in [5.74, 6) is 6.15. The zero-order valence-electron chi connectivity index (χ0n) is 9.96. The lowest BCUT2D eigenvalue weighted by Crippen LogP contribution is -2.37. The third-order valence-electron chi connectivity index (χ3n) is 2.87. The van der Waals surface area contributed by atoms with Gasteiger partial charge in [-0.2, -0.15) is 0 Å². The summed E-state index contributed by atoms with van der Waals surface area (Å²) in [6.45, 7) is 2.39. The van der Waals surface area contributed by atoms with Gasteiger partial charge in [0.2, 0.25) is 0 Å². The van der Waals surface area contributed by atoms with E-state index in [0.717, 1.165) is 36.8 Å². The molecule has 0 aromatic carbocycles. The second-order valence-electron chi connectivity index (χ2n) is 4.14. The molecule has 7 heteroatoms.